The van der Waals surface area contributed by atoms with E-state index in [2.05, 4.69) is 5.32 Å². The predicted molar refractivity (Wildman–Crippen MR) is 121 cm³/mol. The first kappa shape index (κ1) is 22.6. The monoisotopic (exact) mass is 425 g/mol. The maximum atomic E-state index is 13.3. The third kappa shape index (κ3) is 5.73. The summed E-state index contributed by atoms with van der Waals surface area (Å²) in [6.45, 7) is 8.06. The van der Waals surface area contributed by atoms with E-state index in [0.717, 1.165) is 34.1 Å². The highest BCUT2D eigenvalue weighted by atomic mass is 19.1. The van der Waals surface area contributed by atoms with Crippen molar-refractivity contribution in [3.05, 3.63) is 60.1 Å². The van der Waals surface area contributed by atoms with E-state index in [1.165, 1.54) is 12.1 Å². The van der Waals surface area contributed by atoms with Gasteiger partial charge in [-0.2, -0.15) is 0 Å². The molecule has 2 aromatic carbocycles. The summed E-state index contributed by atoms with van der Waals surface area (Å²) in [6.07, 6.45) is 3.99. The van der Waals surface area contributed by atoms with Gasteiger partial charge >= 0.3 is 0 Å². The number of hydrogen-bond donors (Lipinski definition) is 1. The maximum absolute atomic E-state index is 13.3. The fourth-order valence-corrected chi connectivity index (χ4v) is 3.35. The van der Waals surface area contributed by atoms with Crippen molar-refractivity contribution in [3.8, 4) is 16.9 Å². The molecule has 0 unspecified atom stereocenters. The Hall–Kier alpha value is -3.12. The fourth-order valence-electron chi connectivity index (χ4n) is 3.35. The molecule has 31 heavy (non-hydrogen) atoms. The van der Waals surface area contributed by atoms with Crippen molar-refractivity contribution in [1.29, 1.82) is 0 Å². The molecule has 3 rings (SSSR count). The van der Waals surface area contributed by atoms with Gasteiger partial charge in [-0.05, 0) is 56.5 Å². The molecule has 0 atom stereocenters. The average molecular weight is 426 g/mol. The average Bonchev–Trinajstić information content (AvgIpc) is 3.16. The summed E-state index contributed by atoms with van der Waals surface area (Å²) in [7, 11) is 0. The number of carbonyl (C=O) groups is 1. The van der Waals surface area contributed by atoms with E-state index in [-0.39, 0.29) is 11.7 Å². The standard InChI is InChI=1S/C25H28FNO4/c1-4-29-12-6-11-27-25(28)13-17(3)20-14-21-22(18-7-9-19(26)10-8-18)16-31-24(21)15-23(20)30-5-2/h7-10,13-16H,4-6,11-12H2,1-3H3,(H,27,28)/b17-13+. The summed E-state index contributed by atoms with van der Waals surface area (Å²) in [5, 5.41) is 3.75. The van der Waals surface area contributed by atoms with Gasteiger partial charge in [-0.25, -0.2) is 4.39 Å². The number of halogens is 1. The molecule has 0 aliphatic carbocycles. The lowest BCUT2D eigenvalue weighted by molar-refractivity contribution is -0.116. The van der Waals surface area contributed by atoms with Crippen LogP contribution in [0.3, 0.4) is 0 Å². The Labute approximate surface area is 181 Å². The molecule has 6 heteroatoms. The van der Waals surface area contributed by atoms with Crippen molar-refractivity contribution in [3.63, 3.8) is 0 Å². The van der Waals surface area contributed by atoms with Gasteiger partial charge in [-0.1, -0.05) is 12.1 Å². The van der Waals surface area contributed by atoms with E-state index in [1.54, 1.807) is 24.5 Å². The van der Waals surface area contributed by atoms with Crippen LogP contribution in [0.25, 0.3) is 27.7 Å². The molecule has 0 aliphatic heterocycles. The van der Waals surface area contributed by atoms with Gasteiger partial charge in [0.25, 0.3) is 0 Å². The number of fused-ring (bicyclic) bond motifs is 1. The molecule has 0 radical (unpaired) electrons. The van der Waals surface area contributed by atoms with Crippen LogP contribution in [-0.4, -0.2) is 32.3 Å². The van der Waals surface area contributed by atoms with Gasteiger partial charge in [-0.3, -0.25) is 4.79 Å². The lowest BCUT2D eigenvalue weighted by Crippen LogP contribution is -2.23. The number of hydrogen-bond acceptors (Lipinski definition) is 4. The molecule has 0 saturated carbocycles. The van der Waals surface area contributed by atoms with Gasteiger partial charge in [0.15, 0.2) is 0 Å². The van der Waals surface area contributed by atoms with Crippen molar-refractivity contribution < 1.29 is 23.1 Å². The smallest absolute Gasteiger partial charge is 0.244 e. The fraction of sp³-hybridized carbons (Fsp3) is 0.320. The molecule has 0 fully saturated rings. The molecular weight excluding hydrogens is 397 g/mol. The quantitative estimate of drug-likeness (QED) is 0.340. The van der Waals surface area contributed by atoms with E-state index in [0.29, 0.717) is 37.7 Å². The van der Waals surface area contributed by atoms with Crippen LogP contribution in [-0.2, 0) is 9.53 Å². The highest BCUT2D eigenvalue weighted by Crippen LogP contribution is 2.37. The number of amides is 1. The highest BCUT2D eigenvalue weighted by molar-refractivity contribution is 6.00. The first-order valence-corrected chi connectivity index (χ1v) is 10.5. The van der Waals surface area contributed by atoms with Crippen molar-refractivity contribution in [2.75, 3.05) is 26.4 Å². The van der Waals surface area contributed by atoms with Crippen LogP contribution in [0.15, 0.2) is 53.2 Å². The second-order valence-corrected chi connectivity index (χ2v) is 7.10. The van der Waals surface area contributed by atoms with Gasteiger partial charge in [0.05, 0.1) is 12.9 Å². The van der Waals surface area contributed by atoms with Crippen LogP contribution in [0.5, 0.6) is 5.75 Å². The molecule has 1 N–H and O–H groups in total. The third-order valence-corrected chi connectivity index (χ3v) is 4.87. The van der Waals surface area contributed by atoms with Crippen LogP contribution in [0.2, 0.25) is 0 Å². The second-order valence-electron chi connectivity index (χ2n) is 7.10. The summed E-state index contributed by atoms with van der Waals surface area (Å²) in [4.78, 5) is 12.3. The molecule has 0 spiro atoms. The minimum atomic E-state index is -0.290. The Kier molecular flexibility index (Phi) is 7.84. The summed E-state index contributed by atoms with van der Waals surface area (Å²) in [5.41, 5.74) is 3.96. The molecule has 0 aliphatic rings. The number of rotatable bonds is 10. The zero-order valence-electron chi connectivity index (χ0n) is 18.2. The number of allylic oxidation sites excluding steroid dienone is 1. The molecular formula is C25H28FNO4. The number of benzene rings is 2. The minimum Gasteiger partial charge on any atom is -0.493 e. The van der Waals surface area contributed by atoms with Crippen molar-refractivity contribution in [2.24, 2.45) is 0 Å². The van der Waals surface area contributed by atoms with Crippen LogP contribution < -0.4 is 10.1 Å². The Balaban J connectivity index is 1.90. The molecule has 3 aromatic rings. The normalized spacial score (nSPS) is 11.7. The topological polar surface area (TPSA) is 60.7 Å². The first-order valence-electron chi connectivity index (χ1n) is 10.5. The largest absolute Gasteiger partial charge is 0.493 e. The molecule has 0 bridgehead atoms. The number of ether oxygens (including phenoxy) is 2. The number of furan rings is 1. The number of nitrogens with one attached hydrogen (secondary N) is 1. The zero-order valence-corrected chi connectivity index (χ0v) is 18.2. The van der Waals surface area contributed by atoms with Gasteiger partial charge in [0, 0.05) is 48.4 Å². The van der Waals surface area contributed by atoms with Crippen LogP contribution in [0, 0.1) is 5.82 Å². The summed E-state index contributed by atoms with van der Waals surface area (Å²) >= 11 is 0. The zero-order chi connectivity index (χ0) is 22.2. The van der Waals surface area contributed by atoms with Gasteiger partial charge in [-0.15, -0.1) is 0 Å². The van der Waals surface area contributed by atoms with E-state index in [1.807, 2.05) is 32.9 Å². The van der Waals surface area contributed by atoms with Gasteiger partial charge < -0.3 is 19.2 Å². The highest BCUT2D eigenvalue weighted by Gasteiger charge is 2.15. The van der Waals surface area contributed by atoms with Crippen molar-refractivity contribution in [2.45, 2.75) is 27.2 Å². The van der Waals surface area contributed by atoms with E-state index < -0.39 is 0 Å². The molecule has 5 nitrogen and oxygen atoms in total. The van der Waals surface area contributed by atoms with Crippen molar-refractivity contribution in [1.82, 2.24) is 5.32 Å². The van der Waals surface area contributed by atoms with Crippen molar-refractivity contribution >= 4 is 22.4 Å². The Morgan fingerprint density at radius 1 is 1.16 bits per heavy atom. The van der Waals surface area contributed by atoms with Crippen LogP contribution >= 0.6 is 0 Å². The van der Waals surface area contributed by atoms with E-state index in [9.17, 15) is 9.18 Å². The minimum absolute atomic E-state index is 0.164. The third-order valence-electron chi connectivity index (χ3n) is 4.87. The SMILES string of the molecule is CCOCCCNC(=O)/C=C(\C)c1cc2c(-c3ccc(F)cc3)coc2cc1OCC. The molecule has 164 valence electrons. The Morgan fingerprint density at radius 2 is 1.94 bits per heavy atom. The summed E-state index contributed by atoms with van der Waals surface area (Å²) in [6, 6.07) is 10.1. The Bertz CT molecular complexity index is 1050. The number of carbonyl (C=O) groups excluding carboxylic acids is 1. The van der Waals surface area contributed by atoms with E-state index in [4.69, 9.17) is 13.9 Å². The lowest BCUT2D eigenvalue weighted by atomic mass is 9.99. The molecule has 1 aromatic heterocycles. The van der Waals surface area contributed by atoms with Crippen LogP contribution in [0.4, 0.5) is 4.39 Å². The van der Waals surface area contributed by atoms with Crippen LogP contribution in [0.1, 0.15) is 32.8 Å². The van der Waals surface area contributed by atoms with E-state index >= 15 is 0 Å². The van der Waals surface area contributed by atoms with Gasteiger partial charge in [0.2, 0.25) is 5.91 Å². The maximum Gasteiger partial charge on any atom is 0.244 e. The second kappa shape index (κ2) is 10.8. The predicted octanol–water partition coefficient (Wildman–Crippen LogP) is 5.58. The molecule has 1 heterocycles. The lowest BCUT2D eigenvalue weighted by Gasteiger charge is -2.12. The molecule has 1 amide bonds. The summed E-state index contributed by atoms with van der Waals surface area (Å²) < 4.78 is 30.2. The Morgan fingerprint density at radius 3 is 2.65 bits per heavy atom. The van der Waals surface area contributed by atoms with Gasteiger partial charge in [0.1, 0.15) is 17.1 Å². The first-order chi connectivity index (χ1) is 15.0. The summed E-state index contributed by atoms with van der Waals surface area (Å²) in [5.74, 6) is 0.192. The molecule has 0 saturated heterocycles.